The van der Waals surface area contributed by atoms with Crippen LogP contribution in [0.15, 0.2) is 23.8 Å². The van der Waals surface area contributed by atoms with Crippen LogP contribution in [0.4, 0.5) is 0 Å². The normalized spacial score (nSPS) is 34.7. The van der Waals surface area contributed by atoms with Gasteiger partial charge in [-0.15, -0.1) is 0 Å². The summed E-state index contributed by atoms with van der Waals surface area (Å²) in [5.74, 6) is 0.998. The van der Waals surface area contributed by atoms with Gasteiger partial charge in [0.1, 0.15) is 12.4 Å². The monoisotopic (exact) mass is 318 g/mol. The van der Waals surface area contributed by atoms with Gasteiger partial charge in [-0.05, 0) is 49.5 Å². The quantitative estimate of drug-likeness (QED) is 0.436. The minimum atomic E-state index is -0.300. The molecule has 128 valence electrons. The summed E-state index contributed by atoms with van der Waals surface area (Å²) in [5.41, 5.74) is 1.56. The predicted octanol–water partition coefficient (Wildman–Crippen LogP) is 4.47. The minimum Gasteiger partial charge on any atom is -0.458 e. The van der Waals surface area contributed by atoms with Crippen LogP contribution in [0, 0.1) is 23.2 Å². The zero-order valence-electron chi connectivity index (χ0n) is 15.0. The third-order valence-electron chi connectivity index (χ3n) is 6.30. The van der Waals surface area contributed by atoms with E-state index < -0.39 is 0 Å². The van der Waals surface area contributed by atoms with Crippen molar-refractivity contribution in [3.05, 3.63) is 23.8 Å². The Hall–Kier alpha value is -1.38. The molecule has 2 saturated carbocycles. The van der Waals surface area contributed by atoms with Gasteiger partial charge in [0.25, 0.3) is 0 Å². The van der Waals surface area contributed by atoms with Gasteiger partial charge in [-0.1, -0.05) is 39.3 Å². The minimum absolute atomic E-state index is 0.0738. The van der Waals surface area contributed by atoms with Gasteiger partial charge in [0.05, 0.1) is 0 Å². The lowest BCUT2D eigenvalue weighted by Gasteiger charge is -2.51. The van der Waals surface area contributed by atoms with Crippen molar-refractivity contribution < 1.29 is 14.3 Å². The van der Waals surface area contributed by atoms with Gasteiger partial charge in [0, 0.05) is 17.9 Å². The molecule has 0 spiro atoms. The second kappa shape index (κ2) is 7.02. The van der Waals surface area contributed by atoms with Gasteiger partial charge in [-0.3, -0.25) is 4.79 Å². The molecule has 0 saturated heterocycles. The van der Waals surface area contributed by atoms with Crippen molar-refractivity contribution in [2.45, 2.75) is 59.8 Å². The Balaban J connectivity index is 2.02. The lowest BCUT2D eigenvalue weighted by Crippen LogP contribution is -2.47. The number of carbonyl (C=O) groups is 2. The number of ketones is 1. The number of esters is 1. The van der Waals surface area contributed by atoms with E-state index in [0.29, 0.717) is 23.7 Å². The molecule has 0 aromatic rings. The van der Waals surface area contributed by atoms with E-state index >= 15 is 0 Å². The van der Waals surface area contributed by atoms with Gasteiger partial charge in [0.15, 0.2) is 0 Å². The fraction of sp³-hybridized carbons (Fsp3) is 0.700. The molecule has 2 rings (SSSR count). The van der Waals surface area contributed by atoms with Crippen LogP contribution in [0.2, 0.25) is 0 Å². The van der Waals surface area contributed by atoms with Crippen LogP contribution in [0.5, 0.6) is 0 Å². The van der Waals surface area contributed by atoms with Crippen LogP contribution in [-0.4, -0.2) is 18.4 Å². The van der Waals surface area contributed by atoms with Crippen LogP contribution in [-0.2, 0) is 14.3 Å². The molecule has 0 N–H and O–H groups in total. The zero-order valence-corrected chi connectivity index (χ0v) is 15.0. The summed E-state index contributed by atoms with van der Waals surface area (Å²) in [7, 11) is 0. The Morgan fingerprint density at radius 3 is 2.78 bits per heavy atom. The molecular formula is C20H30O3. The van der Waals surface area contributed by atoms with Crippen molar-refractivity contribution >= 4 is 11.8 Å². The van der Waals surface area contributed by atoms with E-state index in [0.717, 1.165) is 18.4 Å². The molecular weight excluding hydrogens is 288 g/mol. The highest BCUT2D eigenvalue weighted by Gasteiger charge is 2.50. The first kappa shape index (κ1) is 18.0. The number of Topliss-reactive ketones (excluding diaryl/α,β-unsaturated/α-hetero) is 1. The first-order valence-corrected chi connectivity index (χ1v) is 8.80. The molecule has 2 fully saturated rings. The number of hydrogen-bond acceptors (Lipinski definition) is 3. The Kier molecular flexibility index (Phi) is 5.49. The van der Waals surface area contributed by atoms with Crippen molar-refractivity contribution in [2.75, 3.05) is 6.61 Å². The lowest BCUT2D eigenvalue weighted by atomic mass is 9.53. The summed E-state index contributed by atoms with van der Waals surface area (Å²) >= 11 is 0. The highest BCUT2D eigenvalue weighted by molar-refractivity contribution is 5.87. The van der Waals surface area contributed by atoms with Gasteiger partial charge in [-0.2, -0.15) is 0 Å². The van der Waals surface area contributed by atoms with E-state index in [1.54, 1.807) is 13.0 Å². The summed E-state index contributed by atoms with van der Waals surface area (Å²) in [6.07, 6.45) is 6.70. The van der Waals surface area contributed by atoms with Crippen molar-refractivity contribution in [1.29, 1.82) is 0 Å². The molecule has 0 bridgehead atoms. The second-order valence-corrected chi connectivity index (χ2v) is 7.67. The second-order valence-electron chi connectivity index (χ2n) is 7.67. The van der Waals surface area contributed by atoms with Crippen LogP contribution >= 0.6 is 0 Å². The molecule has 0 unspecified atom stereocenters. The maximum Gasteiger partial charge on any atom is 0.333 e. The summed E-state index contributed by atoms with van der Waals surface area (Å²) < 4.78 is 5.32. The number of fused-ring (bicyclic) bond motifs is 1. The fourth-order valence-electron chi connectivity index (χ4n) is 4.29. The van der Waals surface area contributed by atoms with Crippen molar-refractivity contribution in [3.63, 3.8) is 0 Å². The van der Waals surface area contributed by atoms with Gasteiger partial charge in [0.2, 0.25) is 0 Å². The maximum atomic E-state index is 12.6. The largest absolute Gasteiger partial charge is 0.458 e. The molecule has 2 aliphatic rings. The van der Waals surface area contributed by atoms with Crippen molar-refractivity contribution in [3.8, 4) is 0 Å². The number of rotatable bonds is 4. The van der Waals surface area contributed by atoms with Crippen molar-refractivity contribution in [2.24, 2.45) is 23.2 Å². The molecule has 0 radical (unpaired) electrons. The summed E-state index contributed by atoms with van der Waals surface area (Å²) in [4.78, 5) is 24.4. The maximum absolute atomic E-state index is 12.6. The fourth-order valence-corrected chi connectivity index (χ4v) is 4.29. The molecule has 4 atom stereocenters. The molecule has 2 aliphatic carbocycles. The number of ether oxygens (including phenoxy) is 1. The van der Waals surface area contributed by atoms with Crippen molar-refractivity contribution in [1.82, 2.24) is 0 Å². The first-order chi connectivity index (χ1) is 10.8. The molecule has 0 aromatic carbocycles. The van der Waals surface area contributed by atoms with Gasteiger partial charge < -0.3 is 4.74 Å². The van der Waals surface area contributed by atoms with Crippen LogP contribution in [0.3, 0.4) is 0 Å². The van der Waals surface area contributed by atoms with E-state index in [1.165, 1.54) is 12.8 Å². The van der Waals surface area contributed by atoms with Gasteiger partial charge in [-0.25, -0.2) is 4.79 Å². The molecule has 23 heavy (non-hydrogen) atoms. The van der Waals surface area contributed by atoms with E-state index in [9.17, 15) is 9.59 Å². The van der Waals surface area contributed by atoms with Crippen LogP contribution in [0.25, 0.3) is 0 Å². The average Bonchev–Trinajstić information content (AvgIpc) is 2.52. The number of carbonyl (C=O) groups excluding carboxylic acids is 2. The number of hydrogen-bond donors (Lipinski definition) is 0. The molecule has 0 aliphatic heterocycles. The Morgan fingerprint density at radius 2 is 2.13 bits per heavy atom. The molecule has 3 nitrogen and oxygen atoms in total. The van der Waals surface area contributed by atoms with E-state index in [2.05, 4.69) is 20.4 Å². The Morgan fingerprint density at radius 1 is 1.43 bits per heavy atom. The summed E-state index contributed by atoms with van der Waals surface area (Å²) in [5, 5.41) is 0. The third-order valence-corrected chi connectivity index (χ3v) is 6.30. The average molecular weight is 318 g/mol. The molecule has 0 heterocycles. The first-order valence-electron chi connectivity index (χ1n) is 8.80. The third kappa shape index (κ3) is 3.59. The Labute approximate surface area is 140 Å². The smallest absolute Gasteiger partial charge is 0.333 e. The highest BCUT2D eigenvalue weighted by Crippen LogP contribution is 2.54. The predicted molar refractivity (Wildman–Crippen MR) is 91.9 cm³/mol. The molecule has 0 amide bonds. The van der Waals surface area contributed by atoms with E-state index in [-0.39, 0.29) is 29.8 Å². The Bertz CT molecular complexity index is 531. The molecule has 3 heteroatoms. The van der Waals surface area contributed by atoms with E-state index in [4.69, 9.17) is 4.74 Å². The highest BCUT2D eigenvalue weighted by atomic mass is 16.5. The summed E-state index contributed by atoms with van der Waals surface area (Å²) in [6, 6.07) is 0. The lowest BCUT2D eigenvalue weighted by molar-refractivity contribution is -0.139. The van der Waals surface area contributed by atoms with Gasteiger partial charge >= 0.3 is 5.97 Å². The van der Waals surface area contributed by atoms with E-state index in [1.807, 2.05) is 6.92 Å². The zero-order chi connectivity index (χ0) is 17.2. The SMILES string of the molecule is C=C(COC(=O)/C(C)=C\C)[C@@H]1CC(=O)[C@H]2CCC[C@H](C)[C@@]2(C)C1. The van der Waals surface area contributed by atoms with Crippen LogP contribution < -0.4 is 0 Å². The summed E-state index contributed by atoms with van der Waals surface area (Å²) in [6.45, 7) is 12.4. The standard InChI is InChI=1S/C20H30O3/c1-6-13(2)19(22)23-12-14(3)16-10-18(21)17-9-7-8-15(4)20(17,5)11-16/h6,15-17H,3,7-12H2,1-2,4-5H3/b13-6-/t15-,16+,17+,20+/m0/s1. The number of allylic oxidation sites excluding steroid dienone is 1. The van der Waals surface area contributed by atoms with Crippen LogP contribution in [0.1, 0.15) is 59.8 Å². The molecule has 0 aromatic heterocycles. The topological polar surface area (TPSA) is 43.4 Å².